The molecule has 0 bridgehead atoms. The molecule has 0 spiro atoms. The fourth-order valence-electron chi connectivity index (χ4n) is 1.58. The SMILES string of the molecule is CCC(NC(=O)CNC(=O)[C@@H](N)C(C)C)c1nccs1. The zero-order chi connectivity index (χ0) is 15.1. The number of amides is 2. The molecule has 1 aromatic heterocycles. The van der Waals surface area contributed by atoms with Gasteiger partial charge in [0.15, 0.2) is 0 Å². The van der Waals surface area contributed by atoms with Crippen molar-refractivity contribution < 1.29 is 9.59 Å². The van der Waals surface area contributed by atoms with Gasteiger partial charge in [0.05, 0.1) is 18.6 Å². The van der Waals surface area contributed by atoms with Crippen molar-refractivity contribution in [2.45, 2.75) is 39.3 Å². The Morgan fingerprint density at radius 1 is 1.45 bits per heavy atom. The summed E-state index contributed by atoms with van der Waals surface area (Å²) in [6.07, 6.45) is 2.46. The molecule has 2 amide bonds. The fraction of sp³-hybridized carbons (Fsp3) is 0.615. The van der Waals surface area contributed by atoms with Gasteiger partial charge in [-0.1, -0.05) is 20.8 Å². The maximum Gasteiger partial charge on any atom is 0.239 e. The predicted octanol–water partition coefficient (Wildman–Crippen LogP) is 0.810. The summed E-state index contributed by atoms with van der Waals surface area (Å²) in [5.74, 6) is -0.509. The summed E-state index contributed by atoms with van der Waals surface area (Å²) in [4.78, 5) is 27.6. The van der Waals surface area contributed by atoms with E-state index in [1.165, 1.54) is 11.3 Å². The molecule has 0 saturated carbocycles. The minimum Gasteiger partial charge on any atom is -0.346 e. The third-order valence-corrected chi connectivity index (χ3v) is 3.83. The lowest BCUT2D eigenvalue weighted by Crippen LogP contribution is -2.47. The molecular weight excluding hydrogens is 276 g/mol. The Labute approximate surface area is 123 Å². The molecule has 0 radical (unpaired) electrons. The van der Waals surface area contributed by atoms with Crippen molar-refractivity contribution in [2.24, 2.45) is 11.7 Å². The Morgan fingerprint density at radius 3 is 2.65 bits per heavy atom. The summed E-state index contributed by atoms with van der Waals surface area (Å²) in [5, 5.41) is 8.13. The smallest absolute Gasteiger partial charge is 0.239 e. The van der Waals surface area contributed by atoms with E-state index in [9.17, 15) is 9.59 Å². The molecule has 20 heavy (non-hydrogen) atoms. The molecule has 0 aromatic carbocycles. The van der Waals surface area contributed by atoms with Gasteiger partial charge >= 0.3 is 0 Å². The van der Waals surface area contributed by atoms with Crippen LogP contribution in [0.3, 0.4) is 0 Å². The van der Waals surface area contributed by atoms with Crippen LogP contribution >= 0.6 is 11.3 Å². The van der Waals surface area contributed by atoms with Gasteiger partial charge in [0.1, 0.15) is 5.01 Å². The molecule has 0 fully saturated rings. The molecule has 7 heteroatoms. The van der Waals surface area contributed by atoms with Gasteiger partial charge in [-0.2, -0.15) is 0 Å². The summed E-state index contributed by atoms with van der Waals surface area (Å²) in [7, 11) is 0. The van der Waals surface area contributed by atoms with Gasteiger partial charge in [-0.05, 0) is 12.3 Å². The molecule has 1 heterocycles. The first-order valence-electron chi connectivity index (χ1n) is 6.67. The summed E-state index contributed by atoms with van der Waals surface area (Å²) >= 11 is 1.50. The van der Waals surface area contributed by atoms with Gasteiger partial charge < -0.3 is 16.4 Å². The number of hydrogen-bond acceptors (Lipinski definition) is 5. The quantitative estimate of drug-likeness (QED) is 0.694. The molecule has 1 rings (SSSR count). The first-order chi connectivity index (χ1) is 9.45. The molecule has 0 saturated heterocycles. The van der Waals surface area contributed by atoms with Crippen LogP contribution in [0, 0.1) is 5.92 Å². The molecule has 112 valence electrons. The largest absolute Gasteiger partial charge is 0.346 e. The number of nitrogens with two attached hydrogens (primary N) is 1. The lowest BCUT2D eigenvalue weighted by molar-refractivity contribution is -0.127. The van der Waals surface area contributed by atoms with Gasteiger partial charge in [0, 0.05) is 11.6 Å². The van der Waals surface area contributed by atoms with E-state index in [-0.39, 0.29) is 30.3 Å². The molecule has 2 atom stereocenters. The molecule has 1 unspecified atom stereocenters. The van der Waals surface area contributed by atoms with E-state index in [0.29, 0.717) is 0 Å². The average molecular weight is 298 g/mol. The topological polar surface area (TPSA) is 97.1 Å². The second-order valence-electron chi connectivity index (χ2n) is 4.89. The van der Waals surface area contributed by atoms with Crippen molar-refractivity contribution >= 4 is 23.2 Å². The lowest BCUT2D eigenvalue weighted by atomic mass is 10.1. The van der Waals surface area contributed by atoms with E-state index in [2.05, 4.69) is 15.6 Å². The molecule has 0 aliphatic heterocycles. The highest BCUT2D eigenvalue weighted by Gasteiger charge is 2.19. The predicted molar refractivity (Wildman–Crippen MR) is 79.1 cm³/mol. The highest BCUT2D eigenvalue weighted by atomic mass is 32.1. The number of hydrogen-bond donors (Lipinski definition) is 3. The van der Waals surface area contributed by atoms with Crippen LogP contribution in [-0.2, 0) is 9.59 Å². The van der Waals surface area contributed by atoms with E-state index in [4.69, 9.17) is 5.73 Å². The third-order valence-electron chi connectivity index (χ3n) is 2.94. The number of nitrogens with zero attached hydrogens (tertiary/aromatic N) is 1. The molecule has 0 aliphatic rings. The van der Waals surface area contributed by atoms with Crippen LogP contribution in [0.25, 0.3) is 0 Å². The van der Waals surface area contributed by atoms with Crippen LogP contribution in [0.4, 0.5) is 0 Å². The minimum atomic E-state index is -0.594. The van der Waals surface area contributed by atoms with Crippen molar-refractivity contribution in [1.82, 2.24) is 15.6 Å². The van der Waals surface area contributed by atoms with E-state index in [1.54, 1.807) is 6.20 Å². The van der Waals surface area contributed by atoms with Crippen molar-refractivity contribution in [3.63, 3.8) is 0 Å². The van der Waals surface area contributed by atoms with Gasteiger partial charge in [0.25, 0.3) is 0 Å². The summed E-state index contributed by atoms with van der Waals surface area (Å²) in [5.41, 5.74) is 5.70. The van der Waals surface area contributed by atoms with Gasteiger partial charge in [-0.25, -0.2) is 4.98 Å². The van der Waals surface area contributed by atoms with Crippen molar-refractivity contribution in [3.8, 4) is 0 Å². The number of aromatic nitrogens is 1. The average Bonchev–Trinajstić information content (AvgIpc) is 2.94. The Bertz CT molecular complexity index is 434. The van der Waals surface area contributed by atoms with Crippen molar-refractivity contribution in [3.05, 3.63) is 16.6 Å². The van der Waals surface area contributed by atoms with Crippen molar-refractivity contribution in [2.75, 3.05) is 6.54 Å². The fourth-order valence-corrected chi connectivity index (χ4v) is 2.35. The van der Waals surface area contributed by atoms with E-state index < -0.39 is 6.04 Å². The number of thiazole rings is 1. The second-order valence-corrected chi connectivity index (χ2v) is 5.81. The lowest BCUT2D eigenvalue weighted by Gasteiger charge is -2.17. The van der Waals surface area contributed by atoms with Crippen LogP contribution in [0.1, 0.15) is 38.2 Å². The highest BCUT2D eigenvalue weighted by Crippen LogP contribution is 2.18. The van der Waals surface area contributed by atoms with E-state index >= 15 is 0 Å². The van der Waals surface area contributed by atoms with Crippen LogP contribution in [0.2, 0.25) is 0 Å². The number of carbonyl (C=O) groups is 2. The maximum absolute atomic E-state index is 11.8. The van der Waals surface area contributed by atoms with Crippen LogP contribution in [0.5, 0.6) is 0 Å². The van der Waals surface area contributed by atoms with Gasteiger partial charge in [-0.15, -0.1) is 11.3 Å². The Hall–Kier alpha value is -1.47. The van der Waals surface area contributed by atoms with Gasteiger partial charge in [0.2, 0.25) is 11.8 Å². The Morgan fingerprint density at radius 2 is 2.15 bits per heavy atom. The summed E-state index contributed by atoms with van der Waals surface area (Å²) in [6.45, 7) is 5.63. The van der Waals surface area contributed by atoms with Crippen molar-refractivity contribution in [1.29, 1.82) is 0 Å². The van der Waals surface area contributed by atoms with Crippen LogP contribution in [0.15, 0.2) is 11.6 Å². The summed E-state index contributed by atoms with van der Waals surface area (Å²) < 4.78 is 0. The standard InChI is InChI=1S/C13H22N4O2S/c1-4-9(13-15-5-6-20-13)17-10(18)7-16-12(19)11(14)8(2)3/h5-6,8-9,11H,4,7,14H2,1-3H3,(H,16,19)(H,17,18)/t9?,11-/m0/s1. The second kappa shape index (κ2) is 7.96. The summed E-state index contributed by atoms with van der Waals surface area (Å²) in [6, 6.07) is -0.707. The highest BCUT2D eigenvalue weighted by molar-refractivity contribution is 7.09. The zero-order valence-corrected chi connectivity index (χ0v) is 12.9. The maximum atomic E-state index is 11.8. The monoisotopic (exact) mass is 298 g/mol. The van der Waals surface area contributed by atoms with Crippen LogP contribution < -0.4 is 16.4 Å². The van der Waals surface area contributed by atoms with Gasteiger partial charge in [-0.3, -0.25) is 9.59 Å². The number of carbonyl (C=O) groups excluding carboxylic acids is 2. The number of nitrogens with one attached hydrogen (secondary N) is 2. The van der Waals surface area contributed by atoms with E-state index in [1.807, 2.05) is 26.2 Å². The minimum absolute atomic E-state index is 0.0387. The molecule has 6 nitrogen and oxygen atoms in total. The molecule has 4 N–H and O–H groups in total. The Balaban J connectivity index is 2.42. The molecule has 1 aromatic rings. The first kappa shape index (κ1) is 16.6. The normalized spacial score (nSPS) is 13.8. The third kappa shape index (κ3) is 4.90. The van der Waals surface area contributed by atoms with Crippen LogP contribution in [-0.4, -0.2) is 29.4 Å². The Kier molecular flexibility index (Phi) is 6.60. The van der Waals surface area contributed by atoms with E-state index in [0.717, 1.165) is 11.4 Å². The number of rotatable bonds is 7. The molecule has 0 aliphatic carbocycles. The zero-order valence-electron chi connectivity index (χ0n) is 12.1. The first-order valence-corrected chi connectivity index (χ1v) is 7.55. The molecular formula is C13H22N4O2S.